The topological polar surface area (TPSA) is 69.4 Å². The number of rotatable bonds is 8. The van der Waals surface area contributed by atoms with E-state index in [2.05, 4.69) is 13.8 Å². The van der Waals surface area contributed by atoms with Crippen LogP contribution in [0, 0.1) is 11.8 Å². The van der Waals surface area contributed by atoms with Crippen molar-refractivity contribution >= 4 is 11.9 Å². The Bertz CT molecular complexity index is 429. The van der Waals surface area contributed by atoms with Crippen LogP contribution >= 0.6 is 0 Å². The molecule has 0 radical (unpaired) electrons. The summed E-state index contributed by atoms with van der Waals surface area (Å²) in [5, 5.41) is 0. The normalized spacial score (nSPS) is 12.2. The van der Waals surface area contributed by atoms with Crippen LogP contribution in [0.5, 0.6) is 0 Å². The summed E-state index contributed by atoms with van der Waals surface area (Å²) in [5.74, 6) is -0.260. The van der Waals surface area contributed by atoms with Crippen molar-refractivity contribution in [1.82, 2.24) is 0 Å². The average Bonchev–Trinajstić information content (AvgIpc) is 2.36. The summed E-state index contributed by atoms with van der Waals surface area (Å²) in [6.45, 7) is 4.39. The smallest absolute Gasteiger partial charge is 0.306 e. The highest BCUT2D eigenvalue weighted by Gasteiger charge is 2.18. The van der Waals surface area contributed by atoms with Gasteiger partial charge in [-0.05, 0) is 23.8 Å². The number of primary amides is 1. The van der Waals surface area contributed by atoms with Crippen LogP contribution in [-0.4, -0.2) is 11.9 Å². The molecule has 1 rings (SSSR count). The van der Waals surface area contributed by atoms with Crippen molar-refractivity contribution in [2.45, 2.75) is 39.7 Å². The maximum atomic E-state index is 11.8. The van der Waals surface area contributed by atoms with Gasteiger partial charge in [0, 0.05) is 12.8 Å². The molecule has 1 aromatic rings. The zero-order valence-corrected chi connectivity index (χ0v) is 12.2. The molecule has 0 aliphatic rings. The van der Waals surface area contributed by atoms with E-state index >= 15 is 0 Å². The fourth-order valence-electron chi connectivity index (χ4n) is 2.22. The monoisotopic (exact) mass is 277 g/mol. The van der Waals surface area contributed by atoms with Crippen molar-refractivity contribution in [2.75, 3.05) is 0 Å². The lowest BCUT2D eigenvalue weighted by Crippen LogP contribution is -2.21. The van der Waals surface area contributed by atoms with E-state index in [4.69, 9.17) is 10.5 Å². The minimum Gasteiger partial charge on any atom is -0.461 e. The molecular weight excluding hydrogens is 254 g/mol. The molecule has 0 heterocycles. The molecule has 0 bridgehead atoms. The number of esters is 1. The molecule has 1 amide bonds. The minimum absolute atomic E-state index is 0.0317. The van der Waals surface area contributed by atoms with Crippen molar-refractivity contribution in [3.8, 4) is 0 Å². The highest BCUT2D eigenvalue weighted by molar-refractivity contribution is 5.75. The van der Waals surface area contributed by atoms with Crippen LogP contribution in [0.25, 0.3) is 0 Å². The quantitative estimate of drug-likeness (QED) is 0.743. The van der Waals surface area contributed by atoms with E-state index in [0.717, 1.165) is 12.0 Å². The summed E-state index contributed by atoms with van der Waals surface area (Å²) in [7, 11) is 0. The van der Waals surface area contributed by atoms with Gasteiger partial charge < -0.3 is 10.5 Å². The predicted molar refractivity (Wildman–Crippen MR) is 77.6 cm³/mol. The summed E-state index contributed by atoms with van der Waals surface area (Å²) in [5.41, 5.74) is 6.17. The number of carbonyl (C=O) groups is 2. The first-order valence-corrected chi connectivity index (χ1v) is 6.95. The Kier molecular flexibility index (Phi) is 6.77. The predicted octanol–water partition coefficient (Wildman–Crippen LogP) is 2.66. The Morgan fingerprint density at radius 3 is 2.35 bits per heavy atom. The van der Waals surface area contributed by atoms with Crippen LogP contribution in [0.2, 0.25) is 0 Å². The van der Waals surface area contributed by atoms with Gasteiger partial charge in [0.2, 0.25) is 5.91 Å². The van der Waals surface area contributed by atoms with E-state index < -0.39 is 0 Å². The van der Waals surface area contributed by atoms with E-state index in [9.17, 15) is 9.59 Å². The SMILES string of the molecule is CC(C)CC(CC(N)=O)CC(=O)OCc1ccccc1. The molecule has 20 heavy (non-hydrogen) atoms. The van der Waals surface area contributed by atoms with Gasteiger partial charge in [0.05, 0.1) is 0 Å². The number of nitrogens with two attached hydrogens (primary N) is 1. The van der Waals surface area contributed by atoms with E-state index in [1.54, 1.807) is 0 Å². The number of hydrogen-bond acceptors (Lipinski definition) is 3. The zero-order valence-electron chi connectivity index (χ0n) is 12.2. The lowest BCUT2D eigenvalue weighted by molar-refractivity contribution is -0.146. The minimum atomic E-state index is -0.369. The van der Waals surface area contributed by atoms with Crippen molar-refractivity contribution in [2.24, 2.45) is 17.6 Å². The van der Waals surface area contributed by atoms with E-state index in [1.165, 1.54) is 0 Å². The van der Waals surface area contributed by atoms with Gasteiger partial charge in [0.1, 0.15) is 6.61 Å². The number of ether oxygens (including phenoxy) is 1. The van der Waals surface area contributed by atoms with E-state index in [-0.39, 0.29) is 37.2 Å². The standard InChI is InChI=1S/C16H23NO3/c1-12(2)8-14(9-15(17)18)10-16(19)20-11-13-6-4-3-5-7-13/h3-7,12,14H,8-11H2,1-2H3,(H2,17,18). The van der Waals surface area contributed by atoms with Crippen LogP contribution in [0.3, 0.4) is 0 Å². The van der Waals surface area contributed by atoms with Crippen LogP contribution in [0.4, 0.5) is 0 Å². The second-order valence-corrected chi connectivity index (χ2v) is 5.52. The Morgan fingerprint density at radius 2 is 1.80 bits per heavy atom. The van der Waals surface area contributed by atoms with Gasteiger partial charge in [0.15, 0.2) is 0 Å². The third kappa shape index (κ3) is 6.92. The Balaban J connectivity index is 2.42. The van der Waals surface area contributed by atoms with Gasteiger partial charge >= 0.3 is 5.97 Å². The second-order valence-electron chi connectivity index (χ2n) is 5.52. The molecular formula is C16H23NO3. The van der Waals surface area contributed by atoms with Crippen molar-refractivity contribution < 1.29 is 14.3 Å². The number of carbonyl (C=O) groups excluding carboxylic acids is 2. The molecule has 1 aromatic carbocycles. The summed E-state index contributed by atoms with van der Waals surface area (Å²) in [4.78, 5) is 22.8. The molecule has 0 aliphatic heterocycles. The fraction of sp³-hybridized carbons (Fsp3) is 0.500. The van der Waals surface area contributed by atoms with Crippen molar-refractivity contribution in [3.63, 3.8) is 0 Å². The van der Waals surface area contributed by atoms with Crippen LogP contribution < -0.4 is 5.73 Å². The first-order chi connectivity index (χ1) is 9.47. The molecule has 2 N–H and O–H groups in total. The van der Waals surface area contributed by atoms with E-state index in [0.29, 0.717) is 5.92 Å². The molecule has 0 aliphatic carbocycles. The summed E-state index contributed by atoms with van der Waals surface area (Å²) in [6, 6.07) is 9.52. The highest BCUT2D eigenvalue weighted by atomic mass is 16.5. The Labute approximate surface area is 120 Å². The Morgan fingerprint density at radius 1 is 1.15 bits per heavy atom. The van der Waals surface area contributed by atoms with Gasteiger partial charge in [-0.25, -0.2) is 0 Å². The molecule has 0 aromatic heterocycles. The Hall–Kier alpha value is -1.84. The largest absolute Gasteiger partial charge is 0.461 e. The fourth-order valence-corrected chi connectivity index (χ4v) is 2.22. The molecule has 4 nitrogen and oxygen atoms in total. The van der Waals surface area contributed by atoms with E-state index in [1.807, 2.05) is 30.3 Å². The van der Waals surface area contributed by atoms with Gasteiger partial charge in [-0.15, -0.1) is 0 Å². The van der Waals surface area contributed by atoms with Crippen LogP contribution in [0.15, 0.2) is 30.3 Å². The summed E-state index contributed by atoms with van der Waals surface area (Å²) in [6.07, 6.45) is 1.27. The van der Waals surface area contributed by atoms with Crippen molar-refractivity contribution in [3.05, 3.63) is 35.9 Å². The molecule has 4 heteroatoms. The third-order valence-corrected chi connectivity index (χ3v) is 2.99. The highest BCUT2D eigenvalue weighted by Crippen LogP contribution is 2.19. The van der Waals surface area contributed by atoms with Crippen LogP contribution in [0.1, 0.15) is 38.7 Å². The van der Waals surface area contributed by atoms with Gasteiger partial charge in [0.25, 0.3) is 0 Å². The third-order valence-electron chi connectivity index (χ3n) is 2.99. The van der Waals surface area contributed by atoms with Gasteiger partial charge in [-0.3, -0.25) is 9.59 Å². The van der Waals surface area contributed by atoms with Gasteiger partial charge in [-0.1, -0.05) is 44.2 Å². The zero-order chi connectivity index (χ0) is 15.0. The molecule has 0 fully saturated rings. The maximum absolute atomic E-state index is 11.8. The molecule has 1 atom stereocenters. The number of amides is 1. The maximum Gasteiger partial charge on any atom is 0.306 e. The van der Waals surface area contributed by atoms with Gasteiger partial charge in [-0.2, -0.15) is 0 Å². The molecule has 0 saturated heterocycles. The molecule has 110 valence electrons. The first-order valence-electron chi connectivity index (χ1n) is 6.95. The average molecular weight is 277 g/mol. The lowest BCUT2D eigenvalue weighted by atomic mass is 9.91. The molecule has 0 saturated carbocycles. The van der Waals surface area contributed by atoms with Crippen molar-refractivity contribution in [1.29, 1.82) is 0 Å². The van der Waals surface area contributed by atoms with Crippen LogP contribution in [-0.2, 0) is 20.9 Å². The summed E-state index contributed by atoms with van der Waals surface area (Å²) < 4.78 is 5.23. The number of hydrogen-bond donors (Lipinski definition) is 1. The molecule has 1 unspecified atom stereocenters. The molecule has 0 spiro atoms. The second kappa shape index (κ2) is 8.35. The summed E-state index contributed by atoms with van der Waals surface area (Å²) >= 11 is 0. The first kappa shape index (κ1) is 16.2. The number of benzene rings is 1. The lowest BCUT2D eigenvalue weighted by Gasteiger charge is -2.16.